The van der Waals surface area contributed by atoms with Gasteiger partial charge in [0, 0.05) is 29.8 Å². The summed E-state index contributed by atoms with van der Waals surface area (Å²) < 4.78 is 11.7. The Morgan fingerprint density at radius 1 is 1.42 bits per heavy atom. The Balaban J connectivity index is 1.77. The molecule has 1 N–H and O–H groups in total. The lowest BCUT2D eigenvalue weighted by atomic mass is 10.1. The highest BCUT2D eigenvalue weighted by Gasteiger charge is 2.16. The minimum Gasteiger partial charge on any atom is -0.493 e. The first kappa shape index (κ1) is 16.4. The molecule has 126 valence electrons. The maximum absolute atomic E-state index is 6.08. The number of pyridine rings is 1. The first-order chi connectivity index (χ1) is 11.5. The molecule has 1 aromatic heterocycles. The lowest BCUT2D eigenvalue weighted by molar-refractivity contribution is 0.302. The van der Waals surface area contributed by atoms with Gasteiger partial charge in [0.1, 0.15) is 18.1 Å². The summed E-state index contributed by atoms with van der Waals surface area (Å²) in [6.07, 6.45) is 2.73. The molecule has 24 heavy (non-hydrogen) atoms. The van der Waals surface area contributed by atoms with E-state index < -0.39 is 0 Å². The standard InChI is InChI=1S/C20H24N2O2/c1-13(2)22-15(4)20-17(6-5-8-21-20)12-24-18-11-16-7-9-23-19(16)10-14(18)3/h5-6,8,10-11,13,22H,4,7,9,12H2,1-3H3. The molecule has 4 heteroatoms. The molecule has 2 heterocycles. The number of hydrogen-bond acceptors (Lipinski definition) is 4. The fourth-order valence-electron chi connectivity index (χ4n) is 2.86. The van der Waals surface area contributed by atoms with Gasteiger partial charge in [0.15, 0.2) is 0 Å². The van der Waals surface area contributed by atoms with Crippen LogP contribution in [0.2, 0.25) is 0 Å². The number of benzene rings is 1. The second-order valence-electron chi connectivity index (χ2n) is 6.40. The van der Waals surface area contributed by atoms with Crippen LogP contribution in [-0.4, -0.2) is 17.6 Å². The average molecular weight is 324 g/mol. The van der Waals surface area contributed by atoms with Gasteiger partial charge in [0.05, 0.1) is 18.0 Å². The number of rotatable bonds is 6. The van der Waals surface area contributed by atoms with E-state index in [2.05, 4.69) is 42.9 Å². The van der Waals surface area contributed by atoms with Gasteiger partial charge >= 0.3 is 0 Å². The largest absolute Gasteiger partial charge is 0.493 e. The van der Waals surface area contributed by atoms with Crippen molar-refractivity contribution in [3.8, 4) is 11.5 Å². The van der Waals surface area contributed by atoms with Crippen molar-refractivity contribution >= 4 is 5.70 Å². The fourth-order valence-corrected chi connectivity index (χ4v) is 2.86. The van der Waals surface area contributed by atoms with E-state index in [0.717, 1.165) is 47.0 Å². The third-order valence-electron chi connectivity index (χ3n) is 4.01. The number of hydrogen-bond donors (Lipinski definition) is 1. The summed E-state index contributed by atoms with van der Waals surface area (Å²) in [5.74, 6) is 1.88. The van der Waals surface area contributed by atoms with Crippen molar-refractivity contribution in [3.05, 3.63) is 59.4 Å². The zero-order valence-electron chi connectivity index (χ0n) is 14.6. The van der Waals surface area contributed by atoms with E-state index in [0.29, 0.717) is 12.6 Å². The predicted octanol–water partition coefficient (Wildman–Crippen LogP) is 3.87. The van der Waals surface area contributed by atoms with Crippen LogP contribution in [0.4, 0.5) is 0 Å². The van der Waals surface area contributed by atoms with Gasteiger partial charge in [-0.2, -0.15) is 0 Å². The Bertz CT molecular complexity index is 753. The molecule has 0 amide bonds. The average Bonchev–Trinajstić information content (AvgIpc) is 2.99. The van der Waals surface area contributed by atoms with Crippen LogP contribution >= 0.6 is 0 Å². The lowest BCUT2D eigenvalue weighted by Gasteiger charge is -2.16. The summed E-state index contributed by atoms with van der Waals surface area (Å²) in [4.78, 5) is 4.46. The SMILES string of the molecule is C=C(NC(C)C)c1ncccc1COc1cc2c(cc1C)OCC2. The molecule has 0 fully saturated rings. The van der Waals surface area contributed by atoms with Crippen LogP contribution in [0.25, 0.3) is 5.70 Å². The van der Waals surface area contributed by atoms with Crippen molar-refractivity contribution in [2.75, 3.05) is 6.61 Å². The van der Waals surface area contributed by atoms with Crippen LogP contribution < -0.4 is 14.8 Å². The predicted molar refractivity (Wildman–Crippen MR) is 96.3 cm³/mol. The number of nitrogens with one attached hydrogen (secondary N) is 1. The van der Waals surface area contributed by atoms with E-state index in [1.54, 1.807) is 6.20 Å². The first-order valence-electron chi connectivity index (χ1n) is 8.33. The normalized spacial score (nSPS) is 12.7. The number of aryl methyl sites for hydroxylation is 1. The highest BCUT2D eigenvalue weighted by molar-refractivity contribution is 5.61. The number of aromatic nitrogens is 1. The van der Waals surface area contributed by atoms with Gasteiger partial charge in [0.25, 0.3) is 0 Å². The van der Waals surface area contributed by atoms with Crippen molar-refractivity contribution < 1.29 is 9.47 Å². The van der Waals surface area contributed by atoms with E-state index in [1.165, 1.54) is 5.56 Å². The van der Waals surface area contributed by atoms with Gasteiger partial charge in [-0.05, 0) is 44.5 Å². The van der Waals surface area contributed by atoms with E-state index in [-0.39, 0.29) is 0 Å². The third kappa shape index (κ3) is 3.53. The number of nitrogens with zero attached hydrogens (tertiary/aromatic N) is 1. The maximum atomic E-state index is 6.08. The Kier molecular flexibility index (Phi) is 4.74. The van der Waals surface area contributed by atoms with Crippen molar-refractivity contribution in [1.82, 2.24) is 10.3 Å². The molecule has 1 aromatic carbocycles. The van der Waals surface area contributed by atoms with Crippen LogP contribution in [0.1, 0.15) is 36.2 Å². The molecule has 0 saturated carbocycles. The van der Waals surface area contributed by atoms with Gasteiger partial charge in [0.2, 0.25) is 0 Å². The summed E-state index contributed by atoms with van der Waals surface area (Å²) in [5, 5.41) is 3.31. The zero-order chi connectivity index (χ0) is 17.1. The molecule has 0 unspecified atom stereocenters. The minimum atomic E-state index is 0.312. The Labute approximate surface area is 143 Å². The van der Waals surface area contributed by atoms with Gasteiger partial charge in [-0.3, -0.25) is 4.98 Å². The zero-order valence-corrected chi connectivity index (χ0v) is 14.6. The maximum Gasteiger partial charge on any atom is 0.123 e. The second-order valence-corrected chi connectivity index (χ2v) is 6.40. The molecule has 0 aliphatic carbocycles. The molecular formula is C20H24N2O2. The van der Waals surface area contributed by atoms with Gasteiger partial charge in [-0.15, -0.1) is 0 Å². The fraction of sp³-hybridized carbons (Fsp3) is 0.350. The molecule has 0 spiro atoms. The monoisotopic (exact) mass is 324 g/mol. The molecule has 1 aliphatic rings. The summed E-state index contributed by atoms with van der Waals surface area (Å²) in [6.45, 7) is 11.5. The first-order valence-corrected chi connectivity index (χ1v) is 8.33. The lowest BCUT2D eigenvalue weighted by Crippen LogP contribution is -2.21. The van der Waals surface area contributed by atoms with Crippen molar-refractivity contribution in [2.24, 2.45) is 0 Å². The molecule has 3 rings (SSSR count). The molecule has 1 aliphatic heterocycles. The highest BCUT2D eigenvalue weighted by Crippen LogP contribution is 2.32. The Morgan fingerprint density at radius 2 is 2.25 bits per heavy atom. The van der Waals surface area contributed by atoms with Crippen LogP contribution in [0.3, 0.4) is 0 Å². The Hall–Kier alpha value is -2.49. The smallest absolute Gasteiger partial charge is 0.123 e. The summed E-state index contributed by atoms with van der Waals surface area (Å²) in [7, 11) is 0. The highest BCUT2D eigenvalue weighted by atomic mass is 16.5. The summed E-state index contributed by atoms with van der Waals surface area (Å²) in [5.41, 5.74) is 5.00. The topological polar surface area (TPSA) is 43.4 Å². The van der Waals surface area contributed by atoms with Crippen LogP contribution in [0.5, 0.6) is 11.5 Å². The third-order valence-corrected chi connectivity index (χ3v) is 4.01. The molecular weight excluding hydrogens is 300 g/mol. The number of ether oxygens (including phenoxy) is 2. The van der Waals surface area contributed by atoms with Crippen LogP contribution in [0.15, 0.2) is 37.0 Å². The van der Waals surface area contributed by atoms with Crippen LogP contribution in [0, 0.1) is 6.92 Å². The minimum absolute atomic E-state index is 0.312. The molecule has 4 nitrogen and oxygen atoms in total. The van der Waals surface area contributed by atoms with E-state index in [1.807, 2.05) is 19.1 Å². The number of fused-ring (bicyclic) bond motifs is 1. The van der Waals surface area contributed by atoms with Crippen molar-refractivity contribution in [3.63, 3.8) is 0 Å². The van der Waals surface area contributed by atoms with Crippen molar-refractivity contribution in [1.29, 1.82) is 0 Å². The van der Waals surface area contributed by atoms with Gasteiger partial charge in [-0.25, -0.2) is 0 Å². The van der Waals surface area contributed by atoms with Gasteiger partial charge < -0.3 is 14.8 Å². The van der Waals surface area contributed by atoms with E-state index in [9.17, 15) is 0 Å². The van der Waals surface area contributed by atoms with E-state index in [4.69, 9.17) is 9.47 Å². The van der Waals surface area contributed by atoms with Gasteiger partial charge in [-0.1, -0.05) is 12.6 Å². The quantitative estimate of drug-likeness (QED) is 0.876. The Morgan fingerprint density at radius 3 is 3.04 bits per heavy atom. The summed E-state index contributed by atoms with van der Waals surface area (Å²) in [6, 6.07) is 8.41. The van der Waals surface area contributed by atoms with E-state index >= 15 is 0 Å². The molecule has 0 radical (unpaired) electrons. The molecule has 0 atom stereocenters. The molecule has 2 aromatic rings. The molecule has 0 bridgehead atoms. The van der Waals surface area contributed by atoms with Crippen LogP contribution in [-0.2, 0) is 13.0 Å². The summed E-state index contributed by atoms with van der Waals surface area (Å²) >= 11 is 0. The molecule has 0 saturated heterocycles. The second kappa shape index (κ2) is 6.95. The van der Waals surface area contributed by atoms with Crippen molar-refractivity contribution in [2.45, 2.75) is 39.8 Å².